The maximum absolute atomic E-state index is 12.7. The van der Waals surface area contributed by atoms with Crippen molar-refractivity contribution in [3.05, 3.63) is 82.7 Å². The molecule has 0 spiro atoms. The zero-order chi connectivity index (χ0) is 21.1. The van der Waals surface area contributed by atoms with Crippen LogP contribution in [0.25, 0.3) is 22.2 Å². The van der Waals surface area contributed by atoms with Crippen LogP contribution in [0.15, 0.2) is 66.0 Å². The summed E-state index contributed by atoms with van der Waals surface area (Å²) in [6.07, 6.45) is 4.93. The molecule has 30 heavy (non-hydrogen) atoms. The minimum Gasteiger partial charge on any atom is -0.365 e. The second-order valence-corrected chi connectivity index (χ2v) is 6.78. The highest BCUT2D eigenvalue weighted by Gasteiger charge is 2.14. The number of rotatable bonds is 5. The first-order valence-electron chi connectivity index (χ1n) is 9.38. The lowest BCUT2D eigenvalue weighted by Gasteiger charge is -2.12. The van der Waals surface area contributed by atoms with Gasteiger partial charge in [-0.15, -0.1) is 0 Å². The molecular formula is C22H20N6O2. The lowest BCUT2D eigenvalue weighted by Crippen LogP contribution is -2.19. The molecule has 0 aliphatic heterocycles. The average molecular weight is 400 g/mol. The van der Waals surface area contributed by atoms with Crippen LogP contribution in [0.4, 0.5) is 5.82 Å². The van der Waals surface area contributed by atoms with Gasteiger partial charge >= 0.3 is 0 Å². The Morgan fingerprint density at radius 2 is 1.83 bits per heavy atom. The van der Waals surface area contributed by atoms with Gasteiger partial charge in [0.15, 0.2) is 0 Å². The molecule has 3 aromatic heterocycles. The molecule has 2 N–H and O–H groups in total. The van der Waals surface area contributed by atoms with Crippen LogP contribution in [-0.2, 0) is 13.6 Å². The fourth-order valence-corrected chi connectivity index (χ4v) is 3.12. The summed E-state index contributed by atoms with van der Waals surface area (Å²) in [4.78, 5) is 37.7. The molecule has 0 atom stereocenters. The van der Waals surface area contributed by atoms with E-state index in [1.807, 2.05) is 24.3 Å². The summed E-state index contributed by atoms with van der Waals surface area (Å²) in [5.74, 6) is 0.307. The van der Waals surface area contributed by atoms with E-state index in [-0.39, 0.29) is 11.5 Å². The fraction of sp³-hybridized carbons (Fsp3) is 0.136. The van der Waals surface area contributed by atoms with E-state index in [2.05, 4.69) is 20.6 Å². The Morgan fingerprint density at radius 1 is 1.10 bits per heavy atom. The van der Waals surface area contributed by atoms with E-state index in [4.69, 9.17) is 4.98 Å². The van der Waals surface area contributed by atoms with E-state index >= 15 is 0 Å². The second-order valence-electron chi connectivity index (χ2n) is 6.78. The molecule has 1 aromatic carbocycles. The molecule has 0 aliphatic rings. The molecule has 8 heteroatoms. The molecule has 3 heterocycles. The third-order valence-corrected chi connectivity index (χ3v) is 4.78. The normalized spacial score (nSPS) is 10.7. The first-order chi connectivity index (χ1) is 14.6. The van der Waals surface area contributed by atoms with Gasteiger partial charge in [0.05, 0.1) is 17.5 Å². The molecule has 0 aliphatic carbocycles. The molecule has 8 nitrogen and oxygen atoms in total. The number of nitrogens with zero attached hydrogens (tertiary/aromatic N) is 4. The first kappa shape index (κ1) is 19.3. The number of carbonyl (C=O) groups is 1. The smallest absolute Gasteiger partial charge is 0.264 e. The van der Waals surface area contributed by atoms with Gasteiger partial charge in [-0.25, -0.2) is 9.97 Å². The summed E-state index contributed by atoms with van der Waals surface area (Å²) in [6, 6.07) is 12.7. The van der Waals surface area contributed by atoms with Crippen LogP contribution in [0.1, 0.15) is 15.9 Å². The standard InChI is InChI=1S/C22H20N6O2/c1-23-21(29)16-5-3-15(4-6-16)17-11-18-19(22(30)28(2)13-26-18)20(27-17)25-12-14-7-9-24-10-8-14/h3-11,13H,12H2,1-2H3,(H,23,29)(H,25,27). The van der Waals surface area contributed by atoms with Crippen molar-refractivity contribution in [3.63, 3.8) is 0 Å². The Labute approximate surface area is 172 Å². The van der Waals surface area contributed by atoms with Gasteiger partial charge in [-0.05, 0) is 35.9 Å². The first-order valence-corrected chi connectivity index (χ1v) is 9.38. The van der Waals surface area contributed by atoms with E-state index in [9.17, 15) is 9.59 Å². The second kappa shape index (κ2) is 8.12. The van der Waals surface area contributed by atoms with Gasteiger partial charge < -0.3 is 15.2 Å². The van der Waals surface area contributed by atoms with Gasteiger partial charge in [-0.3, -0.25) is 14.6 Å². The highest BCUT2D eigenvalue weighted by molar-refractivity contribution is 5.95. The van der Waals surface area contributed by atoms with Crippen LogP contribution in [0, 0.1) is 0 Å². The van der Waals surface area contributed by atoms with Gasteiger partial charge in [-0.1, -0.05) is 12.1 Å². The van der Waals surface area contributed by atoms with Crippen molar-refractivity contribution < 1.29 is 4.79 Å². The Hall–Kier alpha value is -4.07. The SMILES string of the molecule is CNC(=O)c1ccc(-c2cc3ncn(C)c(=O)c3c(NCc3ccncc3)n2)cc1. The van der Waals surface area contributed by atoms with Gasteiger partial charge in [0.2, 0.25) is 0 Å². The van der Waals surface area contributed by atoms with Crippen LogP contribution in [-0.4, -0.2) is 32.5 Å². The molecule has 0 bridgehead atoms. The Morgan fingerprint density at radius 3 is 2.53 bits per heavy atom. The predicted octanol–water partition coefficient (Wildman–Crippen LogP) is 2.36. The van der Waals surface area contributed by atoms with Gasteiger partial charge in [0.25, 0.3) is 11.5 Å². The van der Waals surface area contributed by atoms with Crippen molar-refractivity contribution in [1.29, 1.82) is 0 Å². The predicted molar refractivity (Wildman–Crippen MR) is 115 cm³/mol. The summed E-state index contributed by atoms with van der Waals surface area (Å²) in [7, 11) is 3.25. The zero-order valence-electron chi connectivity index (χ0n) is 16.6. The van der Waals surface area contributed by atoms with Crippen molar-refractivity contribution in [1.82, 2.24) is 24.8 Å². The fourth-order valence-electron chi connectivity index (χ4n) is 3.12. The number of hydrogen-bond acceptors (Lipinski definition) is 6. The number of pyridine rings is 2. The number of amides is 1. The van der Waals surface area contributed by atoms with Crippen molar-refractivity contribution in [2.24, 2.45) is 7.05 Å². The maximum atomic E-state index is 12.7. The molecule has 0 saturated heterocycles. The largest absolute Gasteiger partial charge is 0.365 e. The number of fused-ring (bicyclic) bond motifs is 1. The van der Waals surface area contributed by atoms with Crippen LogP contribution < -0.4 is 16.2 Å². The van der Waals surface area contributed by atoms with Crippen LogP contribution in [0.2, 0.25) is 0 Å². The molecule has 4 aromatic rings. The number of benzene rings is 1. The molecule has 0 unspecified atom stereocenters. The molecule has 0 radical (unpaired) electrons. The zero-order valence-corrected chi connectivity index (χ0v) is 16.6. The van der Waals surface area contributed by atoms with Gasteiger partial charge in [0, 0.05) is 44.2 Å². The van der Waals surface area contributed by atoms with Crippen molar-refractivity contribution in [2.45, 2.75) is 6.54 Å². The van der Waals surface area contributed by atoms with E-state index in [1.54, 1.807) is 44.7 Å². The molecule has 0 saturated carbocycles. The Kier molecular flexibility index (Phi) is 5.21. The highest BCUT2D eigenvalue weighted by atomic mass is 16.1. The van der Waals surface area contributed by atoms with Gasteiger partial charge in [0.1, 0.15) is 11.2 Å². The van der Waals surface area contributed by atoms with E-state index in [0.29, 0.717) is 34.5 Å². The van der Waals surface area contributed by atoms with Gasteiger partial charge in [-0.2, -0.15) is 0 Å². The number of aromatic nitrogens is 4. The van der Waals surface area contributed by atoms with Crippen molar-refractivity contribution in [3.8, 4) is 11.3 Å². The summed E-state index contributed by atoms with van der Waals surface area (Å²) in [5, 5.41) is 6.30. The lowest BCUT2D eigenvalue weighted by molar-refractivity contribution is 0.0963. The monoisotopic (exact) mass is 400 g/mol. The minimum atomic E-state index is -0.175. The topological polar surface area (TPSA) is 102 Å². The number of hydrogen-bond donors (Lipinski definition) is 2. The van der Waals surface area contributed by atoms with E-state index < -0.39 is 0 Å². The summed E-state index contributed by atoms with van der Waals surface area (Å²) < 4.78 is 1.43. The molecule has 1 amide bonds. The number of carbonyl (C=O) groups excluding carboxylic acids is 1. The van der Waals surface area contributed by atoms with Crippen LogP contribution in [0.5, 0.6) is 0 Å². The molecule has 0 fully saturated rings. The molecule has 150 valence electrons. The Bertz CT molecular complexity index is 1270. The maximum Gasteiger partial charge on any atom is 0.264 e. The average Bonchev–Trinajstić information content (AvgIpc) is 2.80. The third kappa shape index (κ3) is 3.75. The molecule has 4 rings (SSSR count). The van der Waals surface area contributed by atoms with E-state index in [1.165, 1.54) is 10.9 Å². The number of nitrogens with one attached hydrogen (secondary N) is 2. The third-order valence-electron chi connectivity index (χ3n) is 4.78. The lowest BCUT2D eigenvalue weighted by atomic mass is 10.1. The van der Waals surface area contributed by atoms with E-state index in [0.717, 1.165) is 11.1 Å². The van der Waals surface area contributed by atoms with Crippen LogP contribution >= 0.6 is 0 Å². The van der Waals surface area contributed by atoms with Crippen molar-refractivity contribution in [2.75, 3.05) is 12.4 Å². The van der Waals surface area contributed by atoms with Crippen molar-refractivity contribution >= 4 is 22.6 Å². The summed E-state index contributed by atoms with van der Waals surface area (Å²) in [6.45, 7) is 0.488. The molecular weight excluding hydrogens is 380 g/mol. The summed E-state index contributed by atoms with van der Waals surface area (Å²) in [5.41, 5.74) is 3.43. The van der Waals surface area contributed by atoms with Crippen LogP contribution in [0.3, 0.4) is 0 Å². The summed E-state index contributed by atoms with van der Waals surface area (Å²) >= 11 is 0. The minimum absolute atomic E-state index is 0.155. The quantitative estimate of drug-likeness (QED) is 0.533. The highest BCUT2D eigenvalue weighted by Crippen LogP contribution is 2.25. The number of aryl methyl sites for hydroxylation is 1. The Balaban J connectivity index is 1.79. The number of anilines is 1.